The molecule has 2 nitrogen and oxygen atoms in total. The first-order valence-corrected chi connectivity index (χ1v) is 6.36. The van der Waals surface area contributed by atoms with E-state index in [9.17, 15) is 0 Å². The molecule has 0 spiro atoms. The highest BCUT2D eigenvalue weighted by molar-refractivity contribution is 9.11. The van der Waals surface area contributed by atoms with E-state index in [2.05, 4.69) is 31.9 Å². The summed E-state index contributed by atoms with van der Waals surface area (Å²) in [5, 5.41) is 2.25. The second-order valence-electron chi connectivity index (χ2n) is 3.77. The van der Waals surface area contributed by atoms with Crippen LogP contribution in [-0.2, 0) is 0 Å². The smallest absolute Gasteiger partial charge is 0.0634 e. The lowest BCUT2D eigenvalue weighted by molar-refractivity contribution is 1.54. The highest BCUT2D eigenvalue weighted by Crippen LogP contribution is 2.42. The predicted molar refractivity (Wildman–Crippen MR) is 74.5 cm³/mol. The Balaban J connectivity index is 2.61. The van der Waals surface area contributed by atoms with Gasteiger partial charge in [0.2, 0.25) is 0 Å². The molecule has 4 N–H and O–H groups in total. The van der Waals surface area contributed by atoms with Crippen molar-refractivity contribution < 1.29 is 0 Å². The van der Waals surface area contributed by atoms with Crippen LogP contribution in [0.2, 0.25) is 0 Å². The molecule has 0 heterocycles. The lowest BCUT2D eigenvalue weighted by Gasteiger charge is -2.07. The van der Waals surface area contributed by atoms with Crippen LogP contribution in [0.3, 0.4) is 0 Å². The zero-order chi connectivity index (χ0) is 11.4. The van der Waals surface area contributed by atoms with Gasteiger partial charge < -0.3 is 11.5 Å². The second-order valence-corrected chi connectivity index (χ2v) is 5.48. The maximum absolute atomic E-state index is 6.01. The molecule has 0 radical (unpaired) electrons. The van der Waals surface area contributed by atoms with Gasteiger partial charge in [-0.15, -0.1) is 0 Å². The molecule has 0 fully saturated rings. The highest BCUT2D eigenvalue weighted by atomic mass is 79.9. The average Bonchev–Trinajstić information content (AvgIpc) is 2.50. The number of benzene rings is 2. The summed E-state index contributed by atoms with van der Waals surface area (Å²) in [4.78, 5) is 0. The van der Waals surface area contributed by atoms with E-state index in [1.54, 1.807) is 0 Å². The summed E-state index contributed by atoms with van der Waals surface area (Å²) < 4.78 is 2.09. The maximum atomic E-state index is 6.01. The van der Waals surface area contributed by atoms with Crippen molar-refractivity contribution in [3.63, 3.8) is 0 Å². The molecule has 1 aliphatic rings. The van der Waals surface area contributed by atoms with Crippen molar-refractivity contribution in [3.05, 3.63) is 44.3 Å². The lowest BCUT2D eigenvalue weighted by Crippen LogP contribution is -2.01. The summed E-state index contributed by atoms with van der Waals surface area (Å²) in [7, 11) is 0. The molecule has 0 atom stereocenters. The molecule has 1 aliphatic carbocycles. The minimum atomic E-state index is 0.672. The quantitative estimate of drug-likeness (QED) is 0.772. The molecule has 0 bridgehead atoms. The van der Waals surface area contributed by atoms with E-state index >= 15 is 0 Å². The molecule has 2 aromatic carbocycles. The van der Waals surface area contributed by atoms with Crippen LogP contribution in [0.4, 0.5) is 0 Å². The molecular weight excluding hydrogens is 332 g/mol. The van der Waals surface area contributed by atoms with E-state index in [0.29, 0.717) is 11.4 Å². The largest absolute Gasteiger partial charge is 0.397 e. The first kappa shape index (κ1) is 10.2. The van der Waals surface area contributed by atoms with Gasteiger partial charge in [0.15, 0.2) is 0 Å². The fourth-order valence-corrected chi connectivity index (χ4v) is 3.51. The Kier molecular flexibility index (Phi) is 2.06. The molecule has 0 saturated carbocycles. The van der Waals surface area contributed by atoms with Crippen LogP contribution in [0.25, 0.3) is 22.2 Å². The Morgan fingerprint density at radius 3 is 1.56 bits per heavy atom. The number of rotatable bonds is 0. The summed E-state index contributed by atoms with van der Waals surface area (Å²) in [6, 6.07) is 7.99. The maximum Gasteiger partial charge on any atom is 0.0634 e. The minimum absolute atomic E-state index is 0.672. The van der Waals surface area contributed by atoms with E-state index in [1.807, 2.05) is 24.3 Å². The molecule has 0 saturated heterocycles. The Morgan fingerprint density at radius 1 is 0.688 bits per heavy atom. The van der Waals surface area contributed by atoms with Gasteiger partial charge in [-0.25, -0.2) is 0 Å². The SMILES string of the molecule is NC1=C(N)c2ccc(Br)c3c(Br)ccc1c23. The normalized spacial score (nSPS) is 13.9. The van der Waals surface area contributed by atoms with Gasteiger partial charge in [-0.2, -0.15) is 0 Å². The number of hydrogen-bond donors (Lipinski definition) is 2. The van der Waals surface area contributed by atoms with Gasteiger partial charge in [0, 0.05) is 30.8 Å². The first-order valence-electron chi connectivity index (χ1n) is 4.78. The van der Waals surface area contributed by atoms with Crippen LogP contribution >= 0.6 is 31.9 Å². The van der Waals surface area contributed by atoms with Gasteiger partial charge >= 0.3 is 0 Å². The molecule has 0 amide bonds. The van der Waals surface area contributed by atoms with Crippen molar-refractivity contribution in [2.24, 2.45) is 11.5 Å². The summed E-state index contributed by atoms with van der Waals surface area (Å²) in [6.45, 7) is 0. The van der Waals surface area contributed by atoms with E-state index in [0.717, 1.165) is 30.8 Å². The third kappa shape index (κ3) is 1.11. The summed E-state index contributed by atoms with van der Waals surface area (Å²) in [5.41, 5.74) is 15.4. The first-order chi connectivity index (χ1) is 7.61. The number of hydrogen-bond acceptors (Lipinski definition) is 2. The molecule has 0 aromatic heterocycles. The number of nitrogens with two attached hydrogens (primary N) is 2. The van der Waals surface area contributed by atoms with Crippen LogP contribution < -0.4 is 11.5 Å². The van der Waals surface area contributed by atoms with Crippen LogP contribution in [-0.4, -0.2) is 0 Å². The third-order valence-electron chi connectivity index (χ3n) is 2.93. The van der Waals surface area contributed by atoms with E-state index in [1.165, 1.54) is 0 Å². The van der Waals surface area contributed by atoms with Gasteiger partial charge in [-0.1, -0.05) is 44.0 Å². The second kappa shape index (κ2) is 3.25. The highest BCUT2D eigenvalue weighted by Gasteiger charge is 2.22. The van der Waals surface area contributed by atoms with Gasteiger partial charge in [0.25, 0.3) is 0 Å². The Morgan fingerprint density at radius 2 is 1.12 bits per heavy atom. The van der Waals surface area contributed by atoms with E-state index in [4.69, 9.17) is 11.5 Å². The van der Waals surface area contributed by atoms with E-state index in [-0.39, 0.29) is 0 Å². The zero-order valence-electron chi connectivity index (χ0n) is 8.22. The van der Waals surface area contributed by atoms with Crippen molar-refractivity contribution in [2.75, 3.05) is 0 Å². The summed E-state index contributed by atoms with van der Waals surface area (Å²) >= 11 is 7.11. The number of halogens is 2. The van der Waals surface area contributed by atoms with Crippen LogP contribution in [0.5, 0.6) is 0 Å². The average molecular weight is 340 g/mol. The molecule has 80 valence electrons. The zero-order valence-corrected chi connectivity index (χ0v) is 11.4. The molecule has 3 rings (SSSR count). The third-order valence-corrected chi connectivity index (χ3v) is 4.25. The molecule has 2 aromatic rings. The Labute approximate surface area is 110 Å². The van der Waals surface area contributed by atoms with E-state index < -0.39 is 0 Å². The van der Waals surface area contributed by atoms with Crippen LogP contribution in [0.15, 0.2) is 33.2 Å². The van der Waals surface area contributed by atoms with Crippen molar-refractivity contribution >= 4 is 54.0 Å². The van der Waals surface area contributed by atoms with Gasteiger partial charge in [-0.3, -0.25) is 0 Å². The van der Waals surface area contributed by atoms with Crippen molar-refractivity contribution in [3.8, 4) is 0 Å². The summed E-state index contributed by atoms with van der Waals surface area (Å²) in [5.74, 6) is 0. The molecule has 4 heteroatoms. The fraction of sp³-hybridized carbons (Fsp3) is 0. The monoisotopic (exact) mass is 338 g/mol. The fourth-order valence-electron chi connectivity index (χ4n) is 2.15. The Bertz CT molecular complexity index is 607. The van der Waals surface area contributed by atoms with Crippen molar-refractivity contribution in [2.45, 2.75) is 0 Å². The van der Waals surface area contributed by atoms with Gasteiger partial charge in [0.05, 0.1) is 11.4 Å². The predicted octanol–water partition coefficient (Wildman–Crippen LogP) is 3.42. The molecule has 16 heavy (non-hydrogen) atoms. The van der Waals surface area contributed by atoms with Gasteiger partial charge in [-0.05, 0) is 12.1 Å². The van der Waals surface area contributed by atoms with Crippen LogP contribution in [0, 0.1) is 0 Å². The van der Waals surface area contributed by atoms with Crippen molar-refractivity contribution in [1.82, 2.24) is 0 Å². The topological polar surface area (TPSA) is 52.0 Å². The summed E-state index contributed by atoms with van der Waals surface area (Å²) in [6.07, 6.45) is 0. The van der Waals surface area contributed by atoms with Crippen LogP contribution in [0.1, 0.15) is 11.1 Å². The molecule has 0 aliphatic heterocycles. The van der Waals surface area contributed by atoms with Gasteiger partial charge in [0.1, 0.15) is 0 Å². The molecular formula is C12H8Br2N2. The Hall–Kier alpha value is -1.00. The minimum Gasteiger partial charge on any atom is -0.397 e. The molecule has 0 unspecified atom stereocenters. The lowest BCUT2D eigenvalue weighted by atomic mass is 10.0. The standard InChI is InChI=1S/C12H8Br2N2/c13-7-3-1-5-9-6(12(16)11(5)15)2-4-8(14)10(7)9/h1-4H,15-16H2. The van der Waals surface area contributed by atoms with Crippen molar-refractivity contribution in [1.29, 1.82) is 0 Å².